The molecule has 2 aromatic carbocycles. The molecule has 0 saturated carbocycles. The number of sulfonamides is 1. The van der Waals surface area contributed by atoms with Crippen molar-refractivity contribution in [2.75, 3.05) is 20.2 Å². The number of carbonyl (C=O) groups excluding carboxylic acids is 1. The Morgan fingerprint density at radius 2 is 1.78 bits per heavy atom. The average Bonchev–Trinajstić information content (AvgIpc) is 3.32. The number of rotatable bonds is 7. The third-order valence-corrected chi connectivity index (χ3v) is 7.56. The van der Waals surface area contributed by atoms with Crippen molar-refractivity contribution in [3.05, 3.63) is 72.6 Å². The predicted molar refractivity (Wildman–Crippen MR) is 120 cm³/mol. The number of nitrogens with zero attached hydrogens (tertiary/aromatic N) is 3. The van der Waals surface area contributed by atoms with E-state index in [0.717, 1.165) is 11.3 Å². The standard InChI is InChI=1S/C23H26N4O4S/c1-31-21-7-9-22(10-8-21)32(29,30)26-13-11-19(12-14-26)23(28)24-15-18-16-25-27(17-18)20-5-3-2-4-6-20/h2-10,16-17,19H,11-15H2,1H3,(H,24,28). The molecule has 0 unspecified atom stereocenters. The molecule has 168 valence electrons. The van der Waals surface area contributed by atoms with Crippen molar-refractivity contribution in [1.29, 1.82) is 0 Å². The number of methoxy groups -OCH3 is 1. The third kappa shape index (κ3) is 4.84. The van der Waals surface area contributed by atoms with Crippen LogP contribution in [0.25, 0.3) is 5.69 Å². The fourth-order valence-electron chi connectivity index (χ4n) is 3.76. The van der Waals surface area contributed by atoms with E-state index in [1.807, 2.05) is 36.5 Å². The van der Waals surface area contributed by atoms with E-state index in [-0.39, 0.29) is 16.7 Å². The minimum absolute atomic E-state index is 0.0565. The first-order valence-corrected chi connectivity index (χ1v) is 11.9. The number of para-hydroxylation sites is 1. The quantitative estimate of drug-likeness (QED) is 0.592. The smallest absolute Gasteiger partial charge is 0.243 e. The molecule has 1 aliphatic heterocycles. The molecule has 1 amide bonds. The van der Waals surface area contributed by atoms with Gasteiger partial charge in [-0.15, -0.1) is 0 Å². The van der Waals surface area contributed by atoms with Gasteiger partial charge in [0.15, 0.2) is 0 Å². The Morgan fingerprint density at radius 3 is 2.44 bits per heavy atom. The molecule has 0 bridgehead atoms. The monoisotopic (exact) mass is 454 g/mol. The first-order valence-electron chi connectivity index (χ1n) is 10.5. The molecule has 0 radical (unpaired) electrons. The topological polar surface area (TPSA) is 93.5 Å². The maximum atomic E-state index is 12.9. The molecular formula is C23H26N4O4S. The number of hydrogen-bond acceptors (Lipinski definition) is 5. The number of amides is 1. The highest BCUT2D eigenvalue weighted by atomic mass is 32.2. The zero-order chi connectivity index (χ0) is 22.6. The number of nitrogens with one attached hydrogen (secondary N) is 1. The van der Waals surface area contributed by atoms with Gasteiger partial charge in [0.2, 0.25) is 15.9 Å². The second-order valence-corrected chi connectivity index (χ2v) is 9.64. The number of aromatic nitrogens is 2. The van der Waals surface area contributed by atoms with Crippen molar-refractivity contribution >= 4 is 15.9 Å². The van der Waals surface area contributed by atoms with Crippen LogP contribution in [0.15, 0.2) is 71.9 Å². The Bertz CT molecular complexity index is 1150. The summed E-state index contributed by atoms with van der Waals surface area (Å²) in [4.78, 5) is 12.9. The van der Waals surface area contributed by atoms with Gasteiger partial charge in [-0.2, -0.15) is 9.40 Å². The number of ether oxygens (including phenoxy) is 1. The van der Waals surface area contributed by atoms with E-state index in [9.17, 15) is 13.2 Å². The van der Waals surface area contributed by atoms with Crippen LogP contribution in [0.3, 0.4) is 0 Å². The van der Waals surface area contributed by atoms with Gasteiger partial charge in [0, 0.05) is 37.3 Å². The number of piperidine rings is 1. The molecule has 1 aromatic heterocycles. The average molecular weight is 455 g/mol. The van der Waals surface area contributed by atoms with Gasteiger partial charge < -0.3 is 10.1 Å². The van der Waals surface area contributed by atoms with Crippen LogP contribution in [0, 0.1) is 5.92 Å². The van der Waals surface area contributed by atoms with E-state index in [0.29, 0.717) is 38.2 Å². The molecule has 1 aliphatic rings. The lowest BCUT2D eigenvalue weighted by atomic mass is 9.97. The van der Waals surface area contributed by atoms with E-state index >= 15 is 0 Å². The second kappa shape index (κ2) is 9.54. The van der Waals surface area contributed by atoms with Gasteiger partial charge >= 0.3 is 0 Å². The van der Waals surface area contributed by atoms with Gasteiger partial charge in [-0.1, -0.05) is 18.2 Å². The molecule has 0 spiro atoms. The van der Waals surface area contributed by atoms with Gasteiger partial charge in [-0.25, -0.2) is 13.1 Å². The van der Waals surface area contributed by atoms with Crippen LogP contribution in [0.1, 0.15) is 18.4 Å². The van der Waals surface area contributed by atoms with Gasteiger partial charge in [0.1, 0.15) is 5.75 Å². The van der Waals surface area contributed by atoms with Crippen molar-refractivity contribution in [2.45, 2.75) is 24.3 Å². The van der Waals surface area contributed by atoms with Crippen LogP contribution >= 0.6 is 0 Å². The molecule has 9 heteroatoms. The van der Waals surface area contributed by atoms with Crippen LogP contribution in [-0.4, -0.2) is 48.6 Å². The zero-order valence-electron chi connectivity index (χ0n) is 17.8. The summed E-state index contributed by atoms with van der Waals surface area (Å²) in [7, 11) is -2.04. The number of hydrogen-bond donors (Lipinski definition) is 1. The molecule has 8 nitrogen and oxygen atoms in total. The minimum Gasteiger partial charge on any atom is -0.497 e. The molecule has 0 aliphatic carbocycles. The Labute approximate surface area is 187 Å². The Balaban J connectivity index is 1.29. The van der Waals surface area contributed by atoms with Crippen LogP contribution in [0.2, 0.25) is 0 Å². The summed E-state index contributed by atoms with van der Waals surface area (Å²) >= 11 is 0. The highest BCUT2D eigenvalue weighted by molar-refractivity contribution is 7.89. The van der Waals surface area contributed by atoms with Crippen LogP contribution in [0.5, 0.6) is 5.75 Å². The van der Waals surface area contributed by atoms with E-state index in [4.69, 9.17) is 4.74 Å². The fraction of sp³-hybridized carbons (Fsp3) is 0.304. The normalized spacial score (nSPS) is 15.4. The molecule has 1 fully saturated rings. The predicted octanol–water partition coefficient (Wildman–Crippen LogP) is 2.60. The summed E-state index contributed by atoms with van der Waals surface area (Å²) in [5.74, 6) is 0.342. The van der Waals surface area contributed by atoms with Gasteiger partial charge in [0.25, 0.3) is 0 Å². The number of benzene rings is 2. The van der Waals surface area contributed by atoms with Crippen molar-refractivity contribution < 1.29 is 17.9 Å². The maximum absolute atomic E-state index is 12.9. The molecule has 32 heavy (non-hydrogen) atoms. The molecule has 1 N–H and O–H groups in total. The van der Waals surface area contributed by atoms with Gasteiger partial charge in [-0.05, 0) is 49.2 Å². The molecule has 1 saturated heterocycles. The van der Waals surface area contributed by atoms with E-state index in [1.54, 1.807) is 35.1 Å². The highest BCUT2D eigenvalue weighted by Gasteiger charge is 2.32. The second-order valence-electron chi connectivity index (χ2n) is 7.70. The first kappa shape index (κ1) is 22.0. The SMILES string of the molecule is COc1ccc(S(=O)(=O)N2CCC(C(=O)NCc3cnn(-c4ccccc4)c3)CC2)cc1. The molecule has 2 heterocycles. The van der Waals surface area contributed by atoms with Crippen molar-refractivity contribution in [2.24, 2.45) is 5.92 Å². The van der Waals surface area contributed by atoms with Gasteiger partial charge in [0.05, 0.1) is 23.9 Å². The van der Waals surface area contributed by atoms with Crippen LogP contribution in [0.4, 0.5) is 0 Å². The van der Waals surface area contributed by atoms with E-state index in [1.165, 1.54) is 11.4 Å². The molecule has 0 atom stereocenters. The van der Waals surface area contributed by atoms with Crippen molar-refractivity contribution in [3.63, 3.8) is 0 Å². The van der Waals surface area contributed by atoms with Crippen LogP contribution < -0.4 is 10.1 Å². The van der Waals surface area contributed by atoms with E-state index in [2.05, 4.69) is 10.4 Å². The molecule has 3 aromatic rings. The highest BCUT2D eigenvalue weighted by Crippen LogP contribution is 2.25. The van der Waals surface area contributed by atoms with Crippen LogP contribution in [-0.2, 0) is 21.4 Å². The minimum atomic E-state index is -3.58. The lowest BCUT2D eigenvalue weighted by molar-refractivity contribution is -0.126. The van der Waals surface area contributed by atoms with E-state index < -0.39 is 10.0 Å². The third-order valence-electron chi connectivity index (χ3n) is 5.65. The summed E-state index contributed by atoms with van der Waals surface area (Å²) < 4.78 is 34.0. The lowest BCUT2D eigenvalue weighted by Crippen LogP contribution is -2.42. The maximum Gasteiger partial charge on any atom is 0.243 e. The summed E-state index contributed by atoms with van der Waals surface area (Å²) in [6.45, 7) is 1.02. The summed E-state index contributed by atoms with van der Waals surface area (Å²) in [5, 5.41) is 7.29. The first-order chi connectivity index (χ1) is 15.5. The zero-order valence-corrected chi connectivity index (χ0v) is 18.7. The van der Waals surface area contributed by atoms with Crippen molar-refractivity contribution in [1.82, 2.24) is 19.4 Å². The Kier molecular flexibility index (Phi) is 6.57. The Morgan fingerprint density at radius 1 is 1.09 bits per heavy atom. The number of carbonyl (C=O) groups is 1. The van der Waals surface area contributed by atoms with Gasteiger partial charge in [-0.3, -0.25) is 4.79 Å². The van der Waals surface area contributed by atoms with Crippen molar-refractivity contribution in [3.8, 4) is 11.4 Å². The largest absolute Gasteiger partial charge is 0.497 e. The molecular weight excluding hydrogens is 428 g/mol. The fourth-order valence-corrected chi connectivity index (χ4v) is 5.23. The summed E-state index contributed by atoms with van der Waals surface area (Å²) in [6.07, 6.45) is 4.60. The Hall–Kier alpha value is -3.17. The summed E-state index contributed by atoms with van der Waals surface area (Å²) in [6, 6.07) is 16.1. The lowest BCUT2D eigenvalue weighted by Gasteiger charge is -2.30. The summed E-state index contributed by atoms with van der Waals surface area (Å²) in [5.41, 5.74) is 1.86. The molecule has 4 rings (SSSR count).